The Hall–Kier alpha value is -0.610. The van der Waals surface area contributed by atoms with Gasteiger partial charge >= 0.3 is 0 Å². The van der Waals surface area contributed by atoms with E-state index >= 15 is 0 Å². The maximum Gasteiger partial charge on any atom is 0.237 e. The largest absolute Gasteiger partial charge is 0.354 e. The third-order valence-electron chi connectivity index (χ3n) is 5.08. The maximum absolute atomic E-state index is 12.0. The smallest absolute Gasteiger partial charge is 0.237 e. The Morgan fingerprint density at radius 1 is 1.16 bits per heavy atom. The first-order valence-corrected chi connectivity index (χ1v) is 8.08. The molecule has 19 heavy (non-hydrogen) atoms. The Labute approximate surface area is 116 Å². The van der Waals surface area contributed by atoms with E-state index in [1.165, 1.54) is 45.2 Å². The van der Waals surface area contributed by atoms with Gasteiger partial charge in [-0.05, 0) is 57.5 Å². The minimum Gasteiger partial charge on any atom is -0.354 e. The van der Waals surface area contributed by atoms with E-state index < -0.39 is 0 Å². The van der Waals surface area contributed by atoms with Crippen molar-refractivity contribution in [2.24, 2.45) is 5.92 Å². The summed E-state index contributed by atoms with van der Waals surface area (Å²) in [6, 6.07) is 0.932. The van der Waals surface area contributed by atoms with Gasteiger partial charge in [-0.1, -0.05) is 6.42 Å². The maximum atomic E-state index is 12.0. The highest BCUT2D eigenvalue weighted by atomic mass is 16.2. The summed E-state index contributed by atoms with van der Waals surface area (Å²) in [5, 5.41) is 6.43. The first-order chi connectivity index (χ1) is 9.33. The van der Waals surface area contributed by atoms with Crippen LogP contribution in [0, 0.1) is 5.92 Å². The second kappa shape index (κ2) is 6.23. The van der Waals surface area contributed by atoms with E-state index in [0.29, 0.717) is 5.92 Å². The zero-order valence-corrected chi connectivity index (χ0v) is 11.9. The second-order valence-electron chi connectivity index (χ2n) is 6.48. The van der Waals surface area contributed by atoms with Crippen LogP contribution in [0.15, 0.2) is 0 Å². The number of carbonyl (C=O) groups excluding carboxylic acids is 1. The fraction of sp³-hybridized carbons (Fsp3) is 0.933. The summed E-state index contributed by atoms with van der Waals surface area (Å²) >= 11 is 0. The van der Waals surface area contributed by atoms with Crippen molar-refractivity contribution in [3.8, 4) is 0 Å². The van der Waals surface area contributed by atoms with E-state index in [1.54, 1.807) is 0 Å². The monoisotopic (exact) mass is 265 g/mol. The quantitative estimate of drug-likeness (QED) is 0.800. The Morgan fingerprint density at radius 3 is 2.74 bits per heavy atom. The van der Waals surface area contributed by atoms with E-state index in [1.807, 2.05) is 0 Å². The summed E-state index contributed by atoms with van der Waals surface area (Å²) in [6.45, 7) is 4.35. The summed E-state index contributed by atoms with van der Waals surface area (Å²) in [6.07, 6.45) is 8.92. The average molecular weight is 265 g/mol. The highest BCUT2D eigenvalue weighted by Crippen LogP contribution is 2.28. The Morgan fingerprint density at radius 2 is 2.05 bits per heavy atom. The van der Waals surface area contributed by atoms with E-state index in [2.05, 4.69) is 15.5 Å². The molecule has 1 amide bonds. The van der Waals surface area contributed by atoms with Crippen LogP contribution in [0.1, 0.15) is 44.9 Å². The Balaban J connectivity index is 1.40. The number of hydrogen-bond acceptors (Lipinski definition) is 3. The summed E-state index contributed by atoms with van der Waals surface area (Å²) in [4.78, 5) is 14.6. The van der Waals surface area contributed by atoms with E-state index in [-0.39, 0.29) is 11.9 Å². The SMILES string of the molecule is O=C(NCC1CCCN(C2CCC2)C1)C1CCCN1. The molecule has 2 N–H and O–H groups in total. The number of piperidine rings is 1. The van der Waals surface area contributed by atoms with Crippen molar-refractivity contribution in [1.29, 1.82) is 0 Å². The third kappa shape index (κ3) is 3.29. The molecular formula is C15H27N3O. The molecule has 108 valence electrons. The topological polar surface area (TPSA) is 44.4 Å². The van der Waals surface area contributed by atoms with Gasteiger partial charge in [0.2, 0.25) is 5.91 Å². The highest BCUT2D eigenvalue weighted by molar-refractivity contribution is 5.81. The predicted octanol–water partition coefficient (Wildman–Crippen LogP) is 1.12. The van der Waals surface area contributed by atoms with Crippen LogP contribution in [0.25, 0.3) is 0 Å². The van der Waals surface area contributed by atoms with E-state index in [9.17, 15) is 4.79 Å². The molecule has 2 unspecified atom stereocenters. The summed E-state index contributed by atoms with van der Waals surface area (Å²) < 4.78 is 0. The lowest BCUT2D eigenvalue weighted by Gasteiger charge is -2.42. The Kier molecular flexibility index (Phi) is 4.38. The number of amides is 1. The molecule has 3 fully saturated rings. The molecule has 0 aromatic carbocycles. The highest BCUT2D eigenvalue weighted by Gasteiger charge is 2.30. The average Bonchev–Trinajstić information content (AvgIpc) is 2.88. The minimum atomic E-state index is 0.0753. The van der Waals surface area contributed by atoms with Crippen molar-refractivity contribution in [3.63, 3.8) is 0 Å². The standard InChI is InChI=1S/C15H27N3O/c19-15(14-7-2-8-16-14)17-10-12-4-3-9-18(11-12)13-5-1-6-13/h12-14,16H,1-11H2,(H,17,19). The van der Waals surface area contributed by atoms with Crippen molar-refractivity contribution in [3.05, 3.63) is 0 Å². The molecule has 1 aliphatic carbocycles. The predicted molar refractivity (Wildman–Crippen MR) is 76.0 cm³/mol. The molecule has 2 saturated heterocycles. The molecule has 2 aliphatic heterocycles. The number of hydrogen-bond donors (Lipinski definition) is 2. The van der Waals surface area contributed by atoms with Crippen LogP contribution < -0.4 is 10.6 Å². The van der Waals surface area contributed by atoms with Gasteiger partial charge in [0.15, 0.2) is 0 Å². The van der Waals surface area contributed by atoms with Crippen LogP contribution in [0.5, 0.6) is 0 Å². The van der Waals surface area contributed by atoms with Crippen molar-refractivity contribution >= 4 is 5.91 Å². The molecule has 2 atom stereocenters. The van der Waals surface area contributed by atoms with Gasteiger partial charge in [0.05, 0.1) is 6.04 Å². The lowest BCUT2D eigenvalue weighted by atomic mass is 9.88. The lowest BCUT2D eigenvalue weighted by molar-refractivity contribution is -0.123. The molecule has 0 bridgehead atoms. The van der Waals surface area contributed by atoms with Crippen molar-refractivity contribution < 1.29 is 4.79 Å². The molecule has 0 spiro atoms. The van der Waals surface area contributed by atoms with Gasteiger partial charge in [0.1, 0.15) is 0 Å². The summed E-state index contributed by atoms with van der Waals surface area (Å²) in [5.41, 5.74) is 0. The summed E-state index contributed by atoms with van der Waals surface area (Å²) in [7, 11) is 0. The van der Waals surface area contributed by atoms with Crippen LogP contribution in [-0.2, 0) is 4.79 Å². The number of rotatable bonds is 4. The van der Waals surface area contributed by atoms with Crippen molar-refractivity contribution in [2.75, 3.05) is 26.2 Å². The van der Waals surface area contributed by atoms with Gasteiger partial charge in [-0.15, -0.1) is 0 Å². The van der Waals surface area contributed by atoms with Crippen LogP contribution in [0.4, 0.5) is 0 Å². The van der Waals surface area contributed by atoms with Gasteiger partial charge in [-0.3, -0.25) is 4.79 Å². The lowest BCUT2D eigenvalue weighted by Crippen LogP contribution is -2.49. The summed E-state index contributed by atoms with van der Waals surface area (Å²) in [5.74, 6) is 0.887. The van der Waals surface area contributed by atoms with Gasteiger partial charge in [-0.2, -0.15) is 0 Å². The fourth-order valence-corrected chi connectivity index (χ4v) is 3.62. The first-order valence-electron chi connectivity index (χ1n) is 8.08. The van der Waals surface area contributed by atoms with E-state index in [4.69, 9.17) is 0 Å². The molecule has 4 heteroatoms. The number of likely N-dealkylation sites (tertiary alicyclic amines) is 1. The third-order valence-corrected chi connectivity index (χ3v) is 5.08. The number of carbonyl (C=O) groups is 1. The van der Waals surface area contributed by atoms with Crippen molar-refractivity contribution in [2.45, 2.75) is 57.0 Å². The van der Waals surface area contributed by atoms with Crippen molar-refractivity contribution in [1.82, 2.24) is 15.5 Å². The van der Waals surface area contributed by atoms with Crippen LogP contribution in [0.3, 0.4) is 0 Å². The second-order valence-corrected chi connectivity index (χ2v) is 6.48. The Bertz CT molecular complexity index is 311. The molecule has 1 saturated carbocycles. The first kappa shape index (κ1) is 13.4. The van der Waals surface area contributed by atoms with Crippen LogP contribution in [0.2, 0.25) is 0 Å². The molecular weight excluding hydrogens is 238 g/mol. The molecule has 3 rings (SSSR count). The molecule has 4 nitrogen and oxygen atoms in total. The molecule has 3 aliphatic rings. The van der Waals surface area contributed by atoms with Gasteiger partial charge < -0.3 is 15.5 Å². The van der Waals surface area contributed by atoms with E-state index in [0.717, 1.165) is 32.0 Å². The van der Waals surface area contributed by atoms with Gasteiger partial charge in [0.25, 0.3) is 0 Å². The molecule has 0 aromatic rings. The van der Waals surface area contributed by atoms with Crippen LogP contribution in [-0.4, -0.2) is 49.1 Å². The normalized spacial score (nSPS) is 33.1. The molecule has 2 heterocycles. The molecule has 0 aromatic heterocycles. The zero-order chi connectivity index (χ0) is 13.1. The number of nitrogens with one attached hydrogen (secondary N) is 2. The number of nitrogens with zero attached hydrogens (tertiary/aromatic N) is 1. The minimum absolute atomic E-state index is 0.0753. The molecule has 0 radical (unpaired) electrons. The van der Waals surface area contributed by atoms with Gasteiger partial charge in [0, 0.05) is 19.1 Å². The van der Waals surface area contributed by atoms with Gasteiger partial charge in [-0.25, -0.2) is 0 Å². The fourth-order valence-electron chi connectivity index (χ4n) is 3.62. The van der Waals surface area contributed by atoms with Crippen LogP contribution >= 0.6 is 0 Å². The zero-order valence-electron chi connectivity index (χ0n) is 11.9.